The number of carbonyl (C=O) groups excluding carboxylic acids is 2. The Labute approximate surface area is 283 Å². The summed E-state index contributed by atoms with van der Waals surface area (Å²) in [6, 6.07) is 9.88. The van der Waals surface area contributed by atoms with Crippen molar-refractivity contribution in [1.82, 2.24) is 9.80 Å². The lowest BCUT2D eigenvalue weighted by molar-refractivity contribution is -0.137. The molecule has 0 aromatic heterocycles. The fourth-order valence-electron chi connectivity index (χ4n) is 6.55. The molecule has 1 aliphatic carbocycles. The molecule has 0 radical (unpaired) electrons. The Kier molecular flexibility index (Phi) is 13.7. The van der Waals surface area contributed by atoms with Gasteiger partial charge in [0.15, 0.2) is 0 Å². The number of nitrogens with zero attached hydrogens (tertiary/aromatic N) is 2. The highest BCUT2D eigenvalue weighted by atomic mass is 19.4. The van der Waals surface area contributed by atoms with E-state index >= 15 is 0 Å². The summed E-state index contributed by atoms with van der Waals surface area (Å²) in [5, 5.41) is 13.3. The lowest BCUT2D eigenvalue weighted by atomic mass is 9.88. The van der Waals surface area contributed by atoms with Gasteiger partial charge in [-0.25, -0.2) is 0 Å². The zero-order valence-electron chi connectivity index (χ0n) is 28.7. The van der Waals surface area contributed by atoms with Crippen molar-refractivity contribution >= 4 is 17.5 Å². The number of hydrogen-bond acceptors (Lipinski definition) is 6. The summed E-state index contributed by atoms with van der Waals surface area (Å²) in [5.41, 5.74) is 0.928. The quantitative estimate of drug-likeness (QED) is 0.309. The molecule has 2 aliphatic rings. The van der Waals surface area contributed by atoms with Crippen LogP contribution >= 0.6 is 0 Å². The minimum Gasteiger partial charge on any atom is -0.490 e. The predicted molar refractivity (Wildman–Crippen MR) is 180 cm³/mol. The smallest absolute Gasteiger partial charge is 0.416 e. The van der Waals surface area contributed by atoms with E-state index in [1.807, 2.05) is 25.8 Å². The Morgan fingerprint density at radius 2 is 1.73 bits per heavy atom. The molecule has 1 fully saturated rings. The number of rotatable bonds is 8. The van der Waals surface area contributed by atoms with Crippen LogP contribution in [0.3, 0.4) is 0 Å². The number of fused-ring (bicyclic) bond motifs is 1. The number of benzene rings is 2. The van der Waals surface area contributed by atoms with Gasteiger partial charge >= 0.3 is 6.18 Å². The molecule has 2 N–H and O–H groups in total. The molecule has 2 amide bonds. The van der Waals surface area contributed by atoms with Crippen molar-refractivity contribution in [2.24, 2.45) is 11.8 Å². The molecule has 1 aliphatic heterocycles. The second-order valence-electron chi connectivity index (χ2n) is 13.7. The van der Waals surface area contributed by atoms with Gasteiger partial charge in [0, 0.05) is 43.8 Å². The predicted octanol–water partition coefficient (Wildman–Crippen LogP) is 7.15. The number of likely N-dealkylation sites (N-methyl/N-ethyl adjacent to an activating group) is 1. The average molecular weight is 676 g/mol. The van der Waals surface area contributed by atoms with Crippen molar-refractivity contribution in [3.8, 4) is 5.75 Å². The zero-order chi connectivity index (χ0) is 34.8. The number of halogens is 3. The number of aliphatic hydroxyl groups is 1. The van der Waals surface area contributed by atoms with Gasteiger partial charge in [-0.1, -0.05) is 38.3 Å². The first-order valence-electron chi connectivity index (χ1n) is 17.3. The Bertz CT molecular complexity index is 1330. The lowest BCUT2D eigenvalue weighted by Crippen LogP contribution is -2.47. The first kappa shape index (κ1) is 37.7. The molecule has 1 saturated carbocycles. The van der Waals surface area contributed by atoms with E-state index in [1.54, 1.807) is 30.0 Å². The van der Waals surface area contributed by atoms with Crippen molar-refractivity contribution < 1.29 is 37.3 Å². The third-order valence-corrected chi connectivity index (χ3v) is 9.52. The second-order valence-corrected chi connectivity index (χ2v) is 13.7. The first-order valence-corrected chi connectivity index (χ1v) is 17.3. The van der Waals surface area contributed by atoms with E-state index in [9.17, 15) is 27.9 Å². The highest BCUT2D eigenvalue weighted by Crippen LogP contribution is 2.31. The number of alkyl halides is 3. The number of nitrogens with one attached hydrogen (secondary N) is 1. The molecule has 2 aromatic carbocycles. The number of amides is 2. The number of hydrogen-bond donors (Lipinski definition) is 2. The fraction of sp³-hybridized carbons (Fsp3) is 0.622. The van der Waals surface area contributed by atoms with Crippen LogP contribution in [0.5, 0.6) is 5.75 Å². The molecule has 4 rings (SSSR count). The SMILES string of the molecule is C[C@@H]1CCCCO[C@@H](CN(C)Cc2ccc(C(F)(F)F)cc2)[C@H](C)CN([C@@H](C)CO)C(=O)c2cc(NC(=O)C3CCCCC3)ccc2O1. The molecule has 11 heteroatoms. The van der Waals surface area contributed by atoms with E-state index in [-0.39, 0.29) is 49.0 Å². The van der Waals surface area contributed by atoms with Crippen LogP contribution in [0, 0.1) is 11.8 Å². The largest absolute Gasteiger partial charge is 0.490 e. The van der Waals surface area contributed by atoms with Gasteiger partial charge in [-0.05, 0) is 88.9 Å². The van der Waals surface area contributed by atoms with E-state index < -0.39 is 17.8 Å². The molecule has 2 aromatic rings. The average Bonchev–Trinajstić information content (AvgIpc) is 3.06. The topological polar surface area (TPSA) is 91.3 Å². The van der Waals surface area contributed by atoms with Crippen LogP contribution in [0.25, 0.3) is 0 Å². The highest BCUT2D eigenvalue weighted by Gasteiger charge is 2.32. The maximum absolute atomic E-state index is 14.4. The molecule has 48 heavy (non-hydrogen) atoms. The molecular formula is C37H52F3N3O5. The van der Waals surface area contributed by atoms with Gasteiger partial charge in [0.1, 0.15) is 5.75 Å². The summed E-state index contributed by atoms with van der Waals surface area (Å²) in [4.78, 5) is 31.1. The minimum absolute atomic E-state index is 0.0353. The van der Waals surface area contributed by atoms with Gasteiger partial charge in [0.25, 0.3) is 5.91 Å². The van der Waals surface area contributed by atoms with Crippen LogP contribution < -0.4 is 10.1 Å². The lowest BCUT2D eigenvalue weighted by Gasteiger charge is -2.36. The second kappa shape index (κ2) is 17.5. The fourth-order valence-corrected chi connectivity index (χ4v) is 6.55. The van der Waals surface area contributed by atoms with Crippen LogP contribution in [0.1, 0.15) is 93.6 Å². The van der Waals surface area contributed by atoms with E-state index in [2.05, 4.69) is 5.32 Å². The maximum atomic E-state index is 14.4. The molecule has 1 heterocycles. The highest BCUT2D eigenvalue weighted by molar-refractivity contribution is 6.00. The summed E-state index contributed by atoms with van der Waals surface area (Å²) in [6.07, 6.45) is 2.51. The van der Waals surface area contributed by atoms with E-state index in [0.29, 0.717) is 36.7 Å². The van der Waals surface area contributed by atoms with Crippen molar-refractivity contribution in [3.05, 3.63) is 59.2 Å². The van der Waals surface area contributed by atoms with Gasteiger partial charge in [-0.2, -0.15) is 13.2 Å². The monoisotopic (exact) mass is 675 g/mol. The summed E-state index contributed by atoms with van der Waals surface area (Å²) < 4.78 is 51.9. The minimum atomic E-state index is -4.39. The Morgan fingerprint density at radius 1 is 1.04 bits per heavy atom. The molecule has 0 bridgehead atoms. The molecule has 4 atom stereocenters. The molecule has 0 saturated heterocycles. The van der Waals surface area contributed by atoms with Crippen molar-refractivity contribution in [3.63, 3.8) is 0 Å². The third kappa shape index (κ3) is 10.7. The zero-order valence-corrected chi connectivity index (χ0v) is 28.7. The third-order valence-electron chi connectivity index (χ3n) is 9.52. The van der Waals surface area contributed by atoms with E-state index in [4.69, 9.17) is 9.47 Å². The molecule has 0 unspecified atom stereocenters. The maximum Gasteiger partial charge on any atom is 0.416 e. The van der Waals surface area contributed by atoms with Crippen LogP contribution in [-0.4, -0.2) is 78.3 Å². The van der Waals surface area contributed by atoms with Gasteiger partial charge < -0.3 is 24.8 Å². The van der Waals surface area contributed by atoms with Gasteiger partial charge in [0.05, 0.1) is 36.0 Å². The van der Waals surface area contributed by atoms with Gasteiger partial charge in [-0.15, -0.1) is 0 Å². The molecule has 8 nitrogen and oxygen atoms in total. The Hall–Kier alpha value is -3.15. The normalized spacial score (nSPS) is 22.8. The van der Waals surface area contributed by atoms with E-state index in [1.165, 1.54) is 12.1 Å². The number of anilines is 1. The number of carbonyl (C=O) groups is 2. The van der Waals surface area contributed by atoms with Crippen LogP contribution in [0.2, 0.25) is 0 Å². The van der Waals surface area contributed by atoms with E-state index in [0.717, 1.165) is 69.1 Å². The van der Waals surface area contributed by atoms with Crippen LogP contribution in [0.4, 0.5) is 18.9 Å². The summed E-state index contributed by atoms with van der Waals surface area (Å²) in [5.74, 6) is -0.105. The Balaban J connectivity index is 1.56. The van der Waals surface area contributed by atoms with Gasteiger partial charge in [-0.3, -0.25) is 14.5 Å². The van der Waals surface area contributed by atoms with Crippen LogP contribution in [-0.2, 0) is 22.3 Å². The molecule has 266 valence electrons. The number of ether oxygens (including phenoxy) is 2. The summed E-state index contributed by atoms with van der Waals surface area (Å²) >= 11 is 0. The first-order chi connectivity index (χ1) is 22.8. The Morgan fingerprint density at radius 3 is 2.40 bits per heavy atom. The standard InChI is InChI=1S/C37H52F3N3O5/c1-25-21-43(26(2)24-44)36(46)32-20-31(41-35(45)29-11-6-5-7-12-29)17-18-33(32)48-27(3)10-8-9-19-47-34(25)23-42(4)22-28-13-15-30(16-14-28)37(38,39)40/h13-18,20,25-27,29,34,44H,5-12,19,21-24H2,1-4H3,(H,41,45)/t25-,26+,27-,34+/m1/s1. The summed E-state index contributed by atoms with van der Waals surface area (Å²) in [7, 11) is 1.90. The van der Waals surface area contributed by atoms with Crippen molar-refractivity contribution in [2.45, 2.75) is 103 Å². The summed E-state index contributed by atoms with van der Waals surface area (Å²) in [6.45, 7) is 7.24. The van der Waals surface area contributed by atoms with Gasteiger partial charge in [0.2, 0.25) is 5.91 Å². The van der Waals surface area contributed by atoms with Crippen molar-refractivity contribution in [2.75, 3.05) is 38.7 Å². The number of aliphatic hydroxyl groups excluding tert-OH is 1. The van der Waals surface area contributed by atoms with Crippen molar-refractivity contribution in [1.29, 1.82) is 0 Å². The molecular weight excluding hydrogens is 623 g/mol. The van der Waals surface area contributed by atoms with Crippen LogP contribution in [0.15, 0.2) is 42.5 Å². The molecule has 0 spiro atoms.